The number of hydrogen-bond acceptors (Lipinski definition) is 6. The summed E-state index contributed by atoms with van der Waals surface area (Å²) in [5.74, 6) is 0.623. The topological polar surface area (TPSA) is 64.1 Å². The first-order valence-electron chi connectivity index (χ1n) is 7.48. The second-order valence-electron chi connectivity index (χ2n) is 5.51. The summed E-state index contributed by atoms with van der Waals surface area (Å²) < 4.78 is 7.65. The Morgan fingerprint density at radius 3 is 3.17 bits per heavy atom. The molecule has 2 aromatic heterocycles. The van der Waals surface area contributed by atoms with Gasteiger partial charge < -0.3 is 4.74 Å². The van der Waals surface area contributed by atoms with E-state index in [1.807, 2.05) is 29.8 Å². The number of hydrogen-bond donors (Lipinski definition) is 1. The van der Waals surface area contributed by atoms with Crippen molar-refractivity contribution in [2.45, 2.75) is 6.42 Å². The van der Waals surface area contributed by atoms with Crippen LogP contribution in [0.5, 0.6) is 5.75 Å². The molecule has 4 aromatic rings. The van der Waals surface area contributed by atoms with Crippen LogP contribution >= 0.6 is 22.7 Å². The van der Waals surface area contributed by atoms with E-state index in [2.05, 4.69) is 15.3 Å². The first kappa shape index (κ1) is 13.9. The number of benzene rings is 2. The molecule has 1 amide bonds. The molecule has 0 unspecified atom stereocenters. The molecule has 0 saturated carbocycles. The second kappa shape index (κ2) is 5.25. The van der Waals surface area contributed by atoms with Crippen LogP contribution in [-0.2, 0) is 6.42 Å². The molecular formula is C17H11N3O2S2. The third-order valence-electron chi connectivity index (χ3n) is 4.03. The van der Waals surface area contributed by atoms with Crippen molar-refractivity contribution in [1.82, 2.24) is 9.97 Å². The number of nitrogens with one attached hydrogen (secondary N) is 1. The van der Waals surface area contributed by atoms with Crippen LogP contribution in [0.25, 0.3) is 20.4 Å². The number of rotatable bonds is 2. The zero-order valence-electron chi connectivity index (χ0n) is 12.4. The molecule has 0 aliphatic carbocycles. The third kappa shape index (κ3) is 2.16. The van der Waals surface area contributed by atoms with Crippen molar-refractivity contribution < 1.29 is 9.53 Å². The van der Waals surface area contributed by atoms with E-state index in [1.165, 1.54) is 11.3 Å². The Hall–Kier alpha value is -2.51. The number of anilines is 1. The van der Waals surface area contributed by atoms with Crippen molar-refractivity contribution in [1.29, 1.82) is 0 Å². The standard InChI is InChI=1S/C17H11N3O2S2/c21-16(10-2-1-9-5-6-22-12(9)7-10)20-17-19-11-3-4-13-14(15(11)24-17)18-8-23-13/h1-4,7-8H,5-6H2,(H,19,20,21). The number of aromatic nitrogens is 2. The third-order valence-corrected chi connectivity index (χ3v) is 5.82. The Morgan fingerprint density at radius 1 is 1.25 bits per heavy atom. The largest absolute Gasteiger partial charge is 0.493 e. The predicted octanol–water partition coefficient (Wildman–Crippen LogP) is 4.09. The number of amides is 1. The summed E-state index contributed by atoms with van der Waals surface area (Å²) in [5.41, 5.74) is 5.35. The van der Waals surface area contributed by atoms with Crippen molar-refractivity contribution in [3.63, 3.8) is 0 Å². The summed E-state index contributed by atoms with van der Waals surface area (Å²) in [4.78, 5) is 21.4. The van der Waals surface area contributed by atoms with Gasteiger partial charge in [0.05, 0.1) is 27.0 Å². The van der Waals surface area contributed by atoms with Gasteiger partial charge in [0.1, 0.15) is 11.3 Å². The molecular weight excluding hydrogens is 342 g/mol. The highest BCUT2D eigenvalue weighted by atomic mass is 32.1. The Bertz CT molecular complexity index is 1100. The van der Waals surface area contributed by atoms with E-state index in [9.17, 15) is 4.79 Å². The molecule has 118 valence electrons. The van der Waals surface area contributed by atoms with Crippen molar-refractivity contribution in [2.75, 3.05) is 11.9 Å². The van der Waals surface area contributed by atoms with Crippen LogP contribution in [-0.4, -0.2) is 22.5 Å². The molecule has 5 nitrogen and oxygen atoms in total. The van der Waals surface area contributed by atoms with Crippen molar-refractivity contribution >= 4 is 54.1 Å². The van der Waals surface area contributed by atoms with Crippen LogP contribution in [0.1, 0.15) is 15.9 Å². The van der Waals surface area contributed by atoms with Gasteiger partial charge in [-0.3, -0.25) is 10.1 Å². The highest BCUT2D eigenvalue weighted by molar-refractivity contribution is 7.24. The summed E-state index contributed by atoms with van der Waals surface area (Å²) in [5, 5.41) is 3.46. The molecule has 1 aliphatic rings. The molecule has 3 heterocycles. The fourth-order valence-electron chi connectivity index (χ4n) is 2.84. The first-order valence-corrected chi connectivity index (χ1v) is 9.17. The maximum Gasteiger partial charge on any atom is 0.257 e. The zero-order valence-corrected chi connectivity index (χ0v) is 14.0. The molecule has 1 aliphatic heterocycles. The van der Waals surface area contributed by atoms with Gasteiger partial charge in [0, 0.05) is 12.0 Å². The van der Waals surface area contributed by atoms with Gasteiger partial charge in [-0.05, 0) is 29.8 Å². The van der Waals surface area contributed by atoms with E-state index >= 15 is 0 Å². The number of fused-ring (bicyclic) bond motifs is 4. The van der Waals surface area contributed by atoms with Crippen LogP contribution in [0.2, 0.25) is 0 Å². The normalized spacial score (nSPS) is 13.2. The highest BCUT2D eigenvalue weighted by Gasteiger charge is 2.17. The Morgan fingerprint density at radius 2 is 2.21 bits per heavy atom. The van der Waals surface area contributed by atoms with Gasteiger partial charge in [0.2, 0.25) is 0 Å². The maximum atomic E-state index is 12.5. The summed E-state index contributed by atoms with van der Waals surface area (Å²) in [6.45, 7) is 0.682. The lowest BCUT2D eigenvalue weighted by Crippen LogP contribution is -2.11. The van der Waals surface area contributed by atoms with Gasteiger partial charge >= 0.3 is 0 Å². The average molecular weight is 353 g/mol. The number of nitrogens with zero attached hydrogens (tertiary/aromatic N) is 2. The maximum absolute atomic E-state index is 12.5. The Balaban J connectivity index is 1.48. The van der Waals surface area contributed by atoms with Crippen LogP contribution in [0.15, 0.2) is 35.8 Å². The van der Waals surface area contributed by atoms with Crippen molar-refractivity contribution in [3.8, 4) is 5.75 Å². The lowest BCUT2D eigenvalue weighted by molar-refractivity contribution is 0.102. The fraction of sp³-hybridized carbons (Fsp3) is 0.118. The van der Waals surface area contributed by atoms with E-state index in [1.54, 1.807) is 17.4 Å². The van der Waals surface area contributed by atoms with Crippen LogP contribution in [0, 0.1) is 0 Å². The minimum Gasteiger partial charge on any atom is -0.493 e. The molecule has 7 heteroatoms. The van der Waals surface area contributed by atoms with Crippen LogP contribution in [0.3, 0.4) is 0 Å². The van der Waals surface area contributed by atoms with E-state index in [0.717, 1.165) is 38.2 Å². The van der Waals surface area contributed by atoms with Crippen LogP contribution < -0.4 is 10.1 Å². The van der Waals surface area contributed by atoms with Gasteiger partial charge in [-0.1, -0.05) is 17.4 Å². The van der Waals surface area contributed by atoms with E-state index in [0.29, 0.717) is 17.3 Å². The summed E-state index contributed by atoms with van der Waals surface area (Å²) in [6, 6.07) is 9.55. The number of carbonyl (C=O) groups excluding carboxylic acids is 1. The summed E-state index contributed by atoms with van der Waals surface area (Å²) >= 11 is 3.05. The van der Waals surface area contributed by atoms with Gasteiger partial charge in [0.15, 0.2) is 5.13 Å². The molecule has 24 heavy (non-hydrogen) atoms. The number of carbonyl (C=O) groups is 1. The quantitative estimate of drug-likeness (QED) is 0.589. The van der Waals surface area contributed by atoms with E-state index < -0.39 is 0 Å². The number of thiazole rings is 2. The fourth-order valence-corrected chi connectivity index (χ4v) is 4.55. The summed E-state index contributed by atoms with van der Waals surface area (Å²) in [6.07, 6.45) is 0.902. The molecule has 0 spiro atoms. The molecule has 1 N–H and O–H groups in total. The Kier molecular flexibility index (Phi) is 3.04. The zero-order chi connectivity index (χ0) is 16.1. The van der Waals surface area contributed by atoms with Crippen molar-refractivity contribution in [2.24, 2.45) is 0 Å². The first-order chi connectivity index (χ1) is 11.8. The SMILES string of the molecule is O=C(Nc1nc2ccc3scnc3c2s1)c1ccc2c(c1)OCC2. The summed E-state index contributed by atoms with van der Waals surface area (Å²) in [7, 11) is 0. The minimum atomic E-state index is -0.179. The lowest BCUT2D eigenvalue weighted by Gasteiger charge is -2.04. The van der Waals surface area contributed by atoms with Crippen LogP contribution in [0.4, 0.5) is 5.13 Å². The number of ether oxygens (including phenoxy) is 1. The van der Waals surface area contributed by atoms with E-state index in [-0.39, 0.29) is 5.91 Å². The molecule has 0 radical (unpaired) electrons. The van der Waals surface area contributed by atoms with Gasteiger partial charge in [-0.25, -0.2) is 9.97 Å². The van der Waals surface area contributed by atoms with Gasteiger partial charge in [-0.15, -0.1) is 11.3 Å². The van der Waals surface area contributed by atoms with Crippen molar-refractivity contribution in [3.05, 3.63) is 47.0 Å². The molecule has 0 bridgehead atoms. The Labute approximate surface area is 144 Å². The smallest absolute Gasteiger partial charge is 0.257 e. The molecule has 0 saturated heterocycles. The predicted molar refractivity (Wildman–Crippen MR) is 96.4 cm³/mol. The van der Waals surface area contributed by atoms with E-state index in [4.69, 9.17) is 4.74 Å². The minimum absolute atomic E-state index is 0.179. The monoisotopic (exact) mass is 353 g/mol. The average Bonchev–Trinajstić information content (AvgIpc) is 3.31. The molecule has 0 fully saturated rings. The van der Waals surface area contributed by atoms with Gasteiger partial charge in [0.25, 0.3) is 5.91 Å². The lowest BCUT2D eigenvalue weighted by atomic mass is 10.1. The highest BCUT2D eigenvalue weighted by Crippen LogP contribution is 2.34. The molecule has 0 atom stereocenters. The van der Waals surface area contributed by atoms with Gasteiger partial charge in [-0.2, -0.15) is 0 Å². The molecule has 2 aromatic carbocycles. The second-order valence-corrected chi connectivity index (χ2v) is 7.39. The molecule has 5 rings (SSSR count).